The standard InChI is InChI=1S/C11H15F3O3Si/c1-3-16-18(15,17-4-2)10-7-5-9(6-8-10)11(12,13)14/h5-8,15H,3-4H2,1-2H3. The summed E-state index contributed by atoms with van der Waals surface area (Å²) in [7, 11) is -3.57. The van der Waals surface area contributed by atoms with Gasteiger partial charge in [-0.05, 0) is 26.0 Å². The van der Waals surface area contributed by atoms with Crippen molar-refractivity contribution in [3.63, 3.8) is 0 Å². The largest absolute Gasteiger partial charge is 0.534 e. The Hall–Kier alpha value is -0.893. The summed E-state index contributed by atoms with van der Waals surface area (Å²) in [5.41, 5.74) is -0.768. The lowest BCUT2D eigenvalue weighted by Gasteiger charge is -2.23. The molecule has 1 aromatic rings. The second-order valence-corrected chi connectivity index (χ2v) is 5.84. The fraction of sp³-hybridized carbons (Fsp3) is 0.455. The van der Waals surface area contributed by atoms with Gasteiger partial charge < -0.3 is 13.6 Å². The first-order valence-corrected chi connectivity index (χ1v) is 7.28. The Bertz CT molecular complexity index is 372. The third-order valence-electron chi connectivity index (χ3n) is 2.26. The minimum atomic E-state index is -4.39. The van der Waals surface area contributed by atoms with E-state index in [1.165, 1.54) is 12.1 Å². The van der Waals surface area contributed by atoms with Gasteiger partial charge in [0.25, 0.3) is 0 Å². The highest BCUT2D eigenvalue weighted by atomic mass is 28.4. The van der Waals surface area contributed by atoms with Crippen molar-refractivity contribution >= 4 is 14.0 Å². The summed E-state index contributed by atoms with van der Waals surface area (Å²) >= 11 is 0. The van der Waals surface area contributed by atoms with E-state index in [1.807, 2.05) is 0 Å². The molecule has 1 N–H and O–H groups in total. The molecule has 0 fully saturated rings. The third kappa shape index (κ3) is 3.55. The summed E-state index contributed by atoms with van der Waals surface area (Å²) in [6.07, 6.45) is -4.39. The minimum Gasteiger partial charge on any atom is -0.386 e. The maximum absolute atomic E-state index is 12.4. The lowest BCUT2D eigenvalue weighted by atomic mass is 10.2. The molecule has 1 rings (SSSR count). The van der Waals surface area contributed by atoms with Crippen molar-refractivity contribution in [1.29, 1.82) is 0 Å². The van der Waals surface area contributed by atoms with Crippen molar-refractivity contribution < 1.29 is 26.8 Å². The van der Waals surface area contributed by atoms with Crippen molar-refractivity contribution in [3.8, 4) is 0 Å². The van der Waals surface area contributed by atoms with Crippen LogP contribution >= 0.6 is 0 Å². The van der Waals surface area contributed by atoms with E-state index in [-0.39, 0.29) is 18.4 Å². The molecule has 102 valence electrons. The first-order chi connectivity index (χ1) is 8.33. The van der Waals surface area contributed by atoms with E-state index in [2.05, 4.69) is 0 Å². The minimum absolute atomic E-state index is 0.226. The van der Waals surface area contributed by atoms with Crippen LogP contribution in [-0.4, -0.2) is 26.8 Å². The fourth-order valence-electron chi connectivity index (χ4n) is 1.47. The van der Waals surface area contributed by atoms with Crippen molar-refractivity contribution in [2.24, 2.45) is 0 Å². The molecule has 0 spiro atoms. The molecular weight excluding hydrogens is 265 g/mol. The number of rotatable bonds is 5. The summed E-state index contributed by atoms with van der Waals surface area (Å²) in [5, 5.41) is 0.263. The zero-order valence-electron chi connectivity index (χ0n) is 10.1. The molecule has 0 heterocycles. The first-order valence-electron chi connectivity index (χ1n) is 5.51. The molecular formula is C11H15F3O3Si. The van der Waals surface area contributed by atoms with Crippen LogP contribution in [0.5, 0.6) is 0 Å². The number of hydrogen-bond donors (Lipinski definition) is 1. The molecule has 18 heavy (non-hydrogen) atoms. The number of alkyl halides is 3. The Labute approximate surface area is 105 Å². The van der Waals surface area contributed by atoms with Gasteiger partial charge in [-0.25, -0.2) is 0 Å². The van der Waals surface area contributed by atoms with Gasteiger partial charge in [0.05, 0.1) is 5.56 Å². The summed E-state index contributed by atoms with van der Waals surface area (Å²) in [4.78, 5) is 10.2. The van der Waals surface area contributed by atoms with Gasteiger partial charge in [-0.2, -0.15) is 13.2 Å². The zero-order valence-corrected chi connectivity index (χ0v) is 11.1. The molecule has 0 aliphatic carbocycles. The Morgan fingerprint density at radius 1 is 1.06 bits per heavy atom. The molecule has 1 aromatic carbocycles. The average molecular weight is 280 g/mol. The highest BCUT2D eigenvalue weighted by molar-refractivity contribution is 6.74. The summed E-state index contributed by atoms with van der Waals surface area (Å²) in [5.74, 6) is 0. The summed E-state index contributed by atoms with van der Waals surface area (Å²) < 4.78 is 47.5. The average Bonchev–Trinajstić information content (AvgIpc) is 2.29. The van der Waals surface area contributed by atoms with Gasteiger partial charge in [-0.3, -0.25) is 0 Å². The van der Waals surface area contributed by atoms with Crippen molar-refractivity contribution in [2.75, 3.05) is 13.2 Å². The highest BCUT2D eigenvalue weighted by Crippen LogP contribution is 2.28. The molecule has 0 saturated carbocycles. The van der Waals surface area contributed by atoms with E-state index >= 15 is 0 Å². The van der Waals surface area contributed by atoms with Crippen LogP contribution in [-0.2, 0) is 15.0 Å². The Balaban J connectivity index is 3.01. The van der Waals surface area contributed by atoms with E-state index in [0.717, 1.165) is 12.1 Å². The van der Waals surface area contributed by atoms with Crippen LogP contribution in [0, 0.1) is 0 Å². The van der Waals surface area contributed by atoms with Crippen LogP contribution in [0.3, 0.4) is 0 Å². The lowest BCUT2D eigenvalue weighted by Crippen LogP contribution is -2.54. The molecule has 0 radical (unpaired) electrons. The molecule has 0 saturated heterocycles. The molecule has 0 unspecified atom stereocenters. The van der Waals surface area contributed by atoms with Gasteiger partial charge in [0, 0.05) is 18.4 Å². The number of halogens is 3. The second kappa shape index (κ2) is 5.83. The Morgan fingerprint density at radius 2 is 1.50 bits per heavy atom. The summed E-state index contributed by atoms with van der Waals surface area (Å²) in [6.45, 7) is 3.82. The normalized spacial score (nSPS) is 12.8. The van der Waals surface area contributed by atoms with Gasteiger partial charge >= 0.3 is 15.0 Å². The van der Waals surface area contributed by atoms with Gasteiger partial charge in [-0.1, -0.05) is 12.1 Å². The maximum atomic E-state index is 12.4. The van der Waals surface area contributed by atoms with Crippen molar-refractivity contribution in [2.45, 2.75) is 20.0 Å². The SMILES string of the molecule is CCO[Si](O)(OCC)c1ccc(C(F)(F)F)cc1. The molecule has 0 aromatic heterocycles. The molecule has 0 amide bonds. The zero-order chi connectivity index (χ0) is 13.8. The smallest absolute Gasteiger partial charge is 0.386 e. The van der Waals surface area contributed by atoms with E-state index in [4.69, 9.17) is 8.85 Å². The second-order valence-electron chi connectivity index (χ2n) is 3.52. The molecule has 7 heteroatoms. The molecule has 0 atom stereocenters. The maximum Gasteiger partial charge on any atom is 0.534 e. The molecule has 0 bridgehead atoms. The number of benzene rings is 1. The van der Waals surface area contributed by atoms with Gasteiger partial charge in [0.15, 0.2) is 0 Å². The lowest BCUT2D eigenvalue weighted by molar-refractivity contribution is -0.137. The Kier molecular flexibility index (Phi) is 4.91. The third-order valence-corrected chi connectivity index (χ3v) is 4.68. The molecule has 0 aliphatic heterocycles. The van der Waals surface area contributed by atoms with Crippen molar-refractivity contribution in [3.05, 3.63) is 29.8 Å². The van der Waals surface area contributed by atoms with E-state index in [1.54, 1.807) is 13.8 Å². The Morgan fingerprint density at radius 3 is 1.83 bits per heavy atom. The van der Waals surface area contributed by atoms with Gasteiger partial charge in [0.2, 0.25) is 0 Å². The predicted molar refractivity (Wildman–Crippen MR) is 62.3 cm³/mol. The predicted octanol–water partition coefficient (Wildman–Crippen LogP) is 1.92. The van der Waals surface area contributed by atoms with Crippen LogP contribution < -0.4 is 5.19 Å². The van der Waals surface area contributed by atoms with Crippen LogP contribution in [0.1, 0.15) is 19.4 Å². The van der Waals surface area contributed by atoms with Crippen molar-refractivity contribution in [1.82, 2.24) is 0 Å². The molecule has 3 nitrogen and oxygen atoms in total. The number of hydrogen-bond acceptors (Lipinski definition) is 3. The van der Waals surface area contributed by atoms with Crippen LogP contribution in [0.25, 0.3) is 0 Å². The summed E-state index contributed by atoms with van der Waals surface area (Å²) in [6, 6.07) is 4.21. The van der Waals surface area contributed by atoms with Gasteiger partial charge in [0.1, 0.15) is 0 Å². The van der Waals surface area contributed by atoms with Crippen LogP contribution in [0.2, 0.25) is 0 Å². The fourth-order valence-corrected chi connectivity index (χ4v) is 3.26. The van der Waals surface area contributed by atoms with Crippen LogP contribution in [0.15, 0.2) is 24.3 Å². The van der Waals surface area contributed by atoms with E-state index in [0.29, 0.717) is 0 Å². The van der Waals surface area contributed by atoms with E-state index in [9.17, 15) is 18.0 Å². The van der Waals surface area contributed by atoms with Gasteiger partial charge in [-0.15, -0.1) is 0 Å². The molecule has 0 aliphatic rings. The monoisotopic (exact) mass is 280 g/mol. The quantitative estimate of drug-likeness (QED) is 0.837. The topological polar surface area (TPSA) is 38.7 Å². The van der Waals surface area contributed by atoms with Crippen LogP contribution in [0.4, 0.5) is 13.2 Å². The first kappa shape index (κ1) is 15.2. The highest BCUT2D eigenvalue weighted by Gasteiger charge is 2.40. The van der Waals surface area contributed by atoms with E-state index < -0.39 is 20.5 Å².